The van der Waals surface area contributed by atoms with Crippen LogP contribution >= 0.6 is 11.6 Å². The maximum Gasteiger partial charge on any atom is 0.271 e. The van der Waals surface area contributed by atoms with E-state index in [1.807, 2.05) is 24.3 Å². The number of fused-ring (bicyclic) bond motifs is 1. The van der Waals surface area contributed by atoms with Gasteiger partial charge in [-0.1, -0.05) is 42.8 Å². The van der Waals surface area contributed by atoms with E-state index in [0.717, 1.165) is 29.4 Å². The molecule has 1 aromatic heterocycles. The van der Waals surface area contributed by atoms with Crippen LogP contribution in [0.25, 0.3) is 10.9 Å². The van der Waals surface area contributed by atoms with Crippen molar-refractivity contribution in [2.45, 2.75) is 19.9 Å². The summed E-state index contributed by atoms with van der Waals surface area (Å²) >= 11 is 6.53. The molecule has 0 atom stereocenters. The first-order chi connectivity index (χ1) is 12.1. The van der Waals surface area contributed by atoms with Crippen LogP contribution in [-0.2, 0) is 6.54 Å². The monoisotopic (exact) mass is 356 g/mol. The van der Waals surface area contributed by atoms with Crippen molar-refractivity contribution in [3.63, 3.8) is 0 Å². The molecule has 2 aromatic carbocycles. The van der Waals surface area contributed by atoms with Crippen LogP contribution in [0.3, 0.4) is 0 Å². The Bertz CT molecular complexity index is 949. The second-order valence-electron chi connectivity index (χ2n) is 5.55. The van der Waals surface area contributed by atoms with E-state index in [2.05, 4.69) is 22.0 Å². The Kier molecular flexibility index (Phi) is 5.00. The number of nitrogens with zero attached hydrogens (tertiary/aromatic N) is 3. The van der Waals surface area contributed by atoms with Crippen molar-refractivity contribution in [3.05, 3.63) is 69.4 Å². The molecule has 1 heterocycles. The molecule has 1 N–H and O–H groups in total. The van der Waals surface area contributed by atoms with Gasteiger partial charge in [0.1, 0.15) is 5.15 Å². The van der Waals surface area contributed by atoms with Gasteiger partial charge in [0, 0.05) is 35.1 Å². The largest absolute Gasteiger partial charge is 0.331 e. The number of aromatic nitrogens is 1. The Labute approximate surface area is 149 Å². The zero-order chi connectivity index (χ0) is 17.8. The van der Waals surface area contributed by atoms with Gasteiger partial charge in [-0.15, -0.1) is 0 Å². The third kappa shape index (κ3) is 3.49. The molecule has 0 aliphatic carbocycles. The quantitative estimate of drug-likeness (QED) is 0.381. The van der Waals surface area contributed by atoms with Gasteiger partial charge in [-0.3, -0.25) is 15.5 Å². The van der Waals surface area contributed by atoms with Crippen molar-refractivity contribution >= 4 is 40.1 Å². The van der Waals surface area contributed by atoms with E-state index in [0.29, 0.717) is 10.8 Å². The predicted molar refractivity (Wildman–Crippen MR) is 102 cm³/mol. The number of hydrogen-bond donors (Lipinski definition) is 1. The number of hydrazone groups is 1. The van der Waals surface area contributed by atoms with E-state index in [-0.39, 0.29) is 5.69 Å². The number of non-ortho nitro benzene ring substituents is 1. The fraction of sp³-hybridized carbons (Fsp3) is 0.167. The summed E-state index contributed by atoms with van der Waals surface area (Å²) < 4.78 is 2.06. The van der Waals surface area contributed by atoms with E-state index < -0.39 is 4.92 Å². The summed E-state index contributed by atoms with van der Waals surface area (Å²) in [5.41, 5.74) is 5.26. The van der Waals surface area contributed by atoms with E-state index in [1.165, 1.54) is 12.1 Å². The SMILES string of the molecule is CCCn1c(Cl)c(/C=N\Nc2cccc([N+](=O)[O-])c2)c2ccccc21. The molecule has 0 aliphatic heterocycles. The number of nitro groups is 1. The number of halogens is 1. The van der Waals surface area contributed by atoms with Crippen molar-refractivity contribution in [1.82, 2.24) is 4.57 Å². The van der Waals surface area contributed by atoms with Crippen molar-refractivity contribution in [3.8, 4) is 0 Å². The molecule has 3 aromatic rings. The highest BCUT2D eigenvalue weighted by Crippen LogP contribution is 2.29. The number of para-hydroxylation sites is 1. The van der Waals surface area contributed by atoms with Gasteiger partial charge in [0.05, 0.1) is 16.8 Å². The fourth-order valence-corrected chi connectivity index (χ4v) is 3.05. The summed E-state index contributed by atoms with van der Waals surface area (Å²) in [7, 11) is 0. The molecule has 0 saturated heterocycles. The first kappa shape index (κ1) is 17.0. The van der Waals surface area contributed by atoms with E-state index >= 15 is 0 Å². The van der Waals surface area contributed by atoms with Gasteiger partial charge in [0.2, 0.25) is 0 Å². The summed E-state index contributed by atoms with van der Waals surface area (Å²) in [5.74, 6) is 0. The summed E-state index contributed by atoms with van der Waals surface area (Å²) in [6, 6.07) is 14.2. The molecule has 7 heteroatoms. The Hall–Kier alpha value is -2.86. The number of hydrogen-bond acceptors (Lipinski definition) is 4. The maximum atomic E-state index is 10.8. The Balaban J connectivity index is 1.90. The average molecular weight is 357 g/mol. The molecule has 3 rings (SSSR count). The minimum absolute atomic E-state index is 0.0118. The molecule has 0 spiro atoms. The summed E-state index contributed by atoms with van der Waals surface area (Å²) in [6.07, 6.45) is 2.62. The van der Waals surface area contributed by atoms with Crippen molar-refractivity contribution in [1.29, 1.82) is 0 Å². The van der Waals surface area contributed by atoms with E-state index in [9.17, 15) is 10.1 Å². The standard InChI is InChI=1S/C18H17ClN4O2/c1-2-10-22-17-9-4-3-8-15(17)16(18(22)19)12-20-21-13-6-5-7-14(11-13)23(24)25/h3-9,11-12,21H,2,10H2,1H3/b20-12-. The van der Waals surface area contributed by atoms with Crippen molar-refractivity contribution in [2.75, 3.05) is 5.43 Å². The van der Waals surface area contributed by atoms with Gasteiger partial charge in [0.25, 0.3) is 5.69 Å². The van der Waals surface area contributed by atoms with E-state index in [1.54, 1.807) is 18.3 Å². The molecule has 0 radical (unpaired) electrons. The van der Waals surface area contributed by atoms with Crippen LogP contribution in [0.5, 0.6) is 0 Å². The second kappa shape index (κ2) is 7.36. The second-order valence-corrected chi connectivity index (χ2v) is 5.91. The summed E-state index contributed by atoms with van der Waals surface area (Å²) in [6.45, 7) is 2.92. The molecule has 0 unspecified atom stereocenters. The predicted octanol–water partition coefficient (Wildman–Crippen LogP) is 5.06. The Morgan fingerprint density at radius 3 is 2.84 bits per heavy atom. The van der Waals surface area contributed by atoms with Crippen LogP contribution in [-0.4, -0.2) is 15.7 Å². The molecule has 25 heavy (non-hydrogen) atoms. The number of rotatable bonds is 6. The molecule has 0 amide bonds. The molecule has 0 aliphatic rings. The lowest BCUT2D eigenvalue weighted by atomic mass is 10.2. The van der Waals surface area contributed by atoms with Gasteiger partial charge < -0.3 is 4.57 Å². The topological polar surface area (TPSA) is 72.5 Å². The lowest BCUT2D eigenvalue weighted by Crippen LogP contribution is -1.97. The Morgan fingerprint density at radius 2 is 2.08 bits per heavy atom. The number of anilines is 1. The van der Waals surface area contributed by atoms with Gasteiger partial charge in [-0.05, 0) is 18.6 Å². The normalized spacial score (nSPS) is 11.3. The third-order valence-electron chi connectivity index (χ3n) is 3.84. The molecular weight excluding hydrogens is 340 g/mol. The minimum atomic E-state index is -0.440. The number of aryl methyl sites for hydroxylation is 1. The molecular formula is C18H17ClN4O2. The van der Waals surface area contributed by atoms with Gasteiger partial charge in [-0.2, -0.15) is 5.10 Å². The first-order valence-electron chi connectivity index (χ1n) is 7.92. The maximum absolute atomic E-state index is 10.8. The van der Waals surface area contributed by atoms with Crippen molar-refractivity contribution in [2.24, 2.45) is 5.10 Å². The highest BCUT2D eigenvalue weighted by molar-refractivity contribution is 6.34. The zero-order valence-corrected chi connectivity index (χ0v) is 14.4. The third-order valence-corrected chi connectivity index (χ3v) is 4.24. The lowest BCUT2D eigenvalue weighted by Gasteiger charge is -2.04. The van der Waals surface area contributed by atoms with Gasteiger partial charge in [0.15, 0.2) is 0 Å². The molecule has 0 bridgehead atoms. The van der Waals surface area contributed by atoms with Gasteiger partial charge in [-0.25, -0.2) is 0 Å². The summed E-state index contributed by atoms with van der Waals surface area (Å²) in [5, 5.41) is 16.7. The lowest BCUT2D eigenvalue weighted by molar-refractivity contribution is -0.384. The number of benzene rings is 2. The molecule has 128 valence electrons. The number of nitro benzene ring substituents is 1. The first-order valence-corrected chi connectivity index (χ1v) is 8.30. The van der Waals surface area contributed by atoms with Crippen molar-refractivity contribution < 1.29 is 4.92 Å². The highest BCUT2D eigenvalue weighted by atomic mass is 35.5. The molecule has 0 saturated carbocycles. The van der Waals surface area contributed by atoms with Crippen LogP contribution in [0.15, 0.2) is 53.6 Å². The molecule has 6 nitrogen and oxygen atoms in total. The van der Waals surface area contributed by atoms with Crippen LogP contribution in [0.2, 0.25) is 5.15 Å². The molecule has 0 fully saturated rings. The smallest absolute Gasteiger partial charge is 0.271 e. The fourth-order valence-electron chi connectivity index (χ4n) is 2.72. The minimum Gasteiger partial charge on any atom is -0.331 e. The van der Waals surface area contributed by atoms with Crippen LogP contribution in [0, 0.1) is 10.1 Å². The van der Waals surface area contributed by atoms with Crippen LogP contribution < -0.4 is 5.43 Å². The van der Waals surface area contributed by atoms with Crippen LogP contribution in [0.1, 0.15) is 18.9 Å². The van der Waals surface area contributed by atoms with Crippen LogP contribution in [0.4, 0.5) is 11.4 Å². The summed E-state index contributed by atoms with van der Waals surface area (Å²) in [4.78, 5) is 10.4. The zero-order valence-electron chi connectivity index (χ0n) is 13.6. The Morgan fingerprint density at radius 1 is 1.28 bits per heavy atom. The van der Waals surface area contributed by atoms with Gasteiger partial charge >= 0.3 is 0 Å². The average Bonchev–Trinajstić information content (AvgIpc) is 2.88. The number of nitrogens with one attached hydrogen (secondary N) is 1. The highest BCUT2D eigenvalue weighted by Gasteiger charge is 2.13. The van der Waals surface area contributed by atoms with E-state index in [4.69, 9.17) is 11.6 Å².